The molecule has 0 saturated heterocycles. The van der Waals surface area contributed by atoms with Crippen LogP contribution in [-0.2, 0) is 16.4 Å². The molecule has 1 aliphatic carbocycles. The molecule has 0 aliphatic heterocycles. The Kier molecular flexibility index (Phi) is 3.82. The van der Waals surface area contributed by atoms with Gasteiger partial charge in [-0.3, -0.25) is 4.98 Å². The molecule has 6 nitrogen and oxygen atoms in total. The molecule has 0 bridgehead atoms. The molecule has 1 fully saturated rings. The lowest BCUT2D eigenvalue weighted by molar-refractivity contribution is 0.600. The first-order valence-electron chi connectivity index (χ1n) is 7.30. The number of sulfonamides is 1. The first-order valence-corrected chi connectivity index (χ1v) is 8.78. The van der Waals surface area contributed by atoms with E-state index >= 15 is 0 Å². The highest BCUT2D eigenvalue weighted by atomic mass is 32.2. The lowest BCUT2D eigenvalue weighted by atomic mass is 10.2. The van der Waals surface area contributed by atoms with E-state index < -0.39 is 10.0 Å². The summed E-state index contributed by atoms with van der Waals surface area (Å²) in [6.45, 7) is 3.78. The van der Waals surface area contributed by atoms with Gasteiger partial charge < -0.3 is 0 Å². The highest BCUT2D eigenvalue weighted by Gasteiger charge is 2.26. The van der Waals surface area contributed by atoms with Crippen LogP contribution in [0.5, 0.6) is 0 Å². The van der Waals surface area contributed by atoms with Crippen molar-refractivity contribution < 1.29 is 8.42 Å². The largest absolute Gasteiger partial charge is 0.265 e. The van der Waals surface area contributed by atoms with E-state index in [0.717, 1.165) is 36.2 Å². The predicted molar refractivity (Wildman–Crippen MR) is 83.2 cm³/mol. The SMILES string of the molecule is CCc1cc(C2CC2)nc(NS(=O)(=O)c2cncc(C)c2)n1. The van der Waals surface area contributed by atoms with Crippen LogP contribution in [0.4, 0.5) is 5.95 Å². The third-order valence-corrected chi connectivity index (χ3v) is 4.84. The lowest BCUT2D eigenvalue weighted by Gasteiger charge is -2.09. The van der Waals surface area contributed by atoms with Crippen LogP contribution in [0.25, 0.3) is 0 Å². The molecule has 7 heteroatoms. The van der Waals surface area contributed by atoms with E-state index in [0.29, 0.717) is 5.92 Å². The van der Waals surface area contributed by atoms with Gasteiger partial charge in [0.1, 0.15) is 4.90 Å². The number of anilines is 1. The minimum absolute atomic E-state index is 0.117. The summed E-state index contributed by atoms with van der Waals surface area (Å²) in [7, 11) is -3.72. The van der Waals surface area contributed by atoms with Crippen molar-refractivity contribution in [3.05, 3.63) is 41.5 Å². The molecule has 1 saturated carbocycles. The topological polar surface area (TPSA) is 84.8 Å². The monoisotopic (exact) mass is 318 g/mol. The van der Waals surface area contributed by atoms with Crippen molar-refractivity contribution >= 4 is 16.0 Å². The molecule has 116 valence electrons. The van der Waals surface area contributed by atoms with Gasteiger partial charge in [0.25, 0.3) is 10.0 Å². The minimum Gasteiger partial charge on any atom is -0.263 e. The molecular formula is C15H18N4O2S. The maximum absolute atomic E-state index is 12.4. The van der Waals surface area contributed by atoms with E-state index in [1.165, 1.54) is 6.20 Å². The summed E-state index contributed by atoms with van der Waals surface area (Å²) in [6.07, 6.45) is 5.88. The van der Waals surface area contributed by atoms with Crippen LogP contribution >= 0.6 is 0 Å². The van der Waals surface area contributed by atoms with Gasteiger partial charge in [0.15, 0.2) is 0 Å². The molecule has 1 aliphatic rings. The van der Waals surface area contributed by atoms with E-state index in [9.17, 15) is 8.42 Å². The zero-order chi connectivity index (χ0) is 15.7. The van der Waals surface area contributed by atoms with Gasteiger partial charge in [-0.05, 0) is 43.9 Å². The second-order valence-corrected chi connectivity index (χ2v) is 7.22. The van der Waals surface area contributed by atoms with Crippen LogP contribution in [0.3, 0.4) is 0 Å². The molecule has 1 N–H and O–H groups in total. The number of pyridine rings is 1. The van der Waals surface area contributed by atoms with E-state index in [2.05, 4.69) is 19.7 Å². The van der Waals surface area contributed by atoms with Crippen LogP contribution in [0.15, 0.2) is 29.4 Å². The molecule has 22 heavy (non-hydrogen) atoms. The Hall–Kier alpha value is -2.02. The number of hydrogen-bond donors (Lipinski definition) is 1. The van der Waals surface area contributed by atoms with Crippen molar-refractivity contribution in [2.75, 3.05) is 4.72 Å². The van der Waals surface area contributed by atoms with Gasteiger partial charge in [-0.2, -0.15) is 0 Å². The summed E-state index contributed by atoms with van der Waals surface area (Å²) < 4.78 is 27.3. The summed E-state index contributed by atoms with van der Waals surface area (Å²) in [5.41, 5.74) is 2.55. The molecule has 0 aromatic carbocycles. The van der Waals surface area contributed by atoms with Gasteiger partial charge in [-0.15, -0.1) is 0 Å². The van der Waals surface area contributed by atoms with Gasteiger partial charge in [0.2, 0.25) is 5.95 Å². The summed E-state index contributed by atoms with van der Waals surface area (Å²) in [5.74, 6) is 0.583. The number of hydrogen-bond acceptors (Lipinski definition) is 5. The average Bonchev–Trinajstić information content (AvgIpc) is 3.31. The highest BCUT2D eigenvalue weighted by molar-refractivity contribution is 7.92. The Morgan fingerprint density at radius 2 is 2.00 bits per heavy atom. The van der Waals surface area contributed by atoms with Gasteiger partial charge in [0, 0.05) is 29.7 Å². The van der Waals surface area contributed by atoms with E-state index in [-0.39, 0.29) is 10.8 Å². The third kappa shape index (κ3) is 3.24. The maximum atomic E-state index is 12.4. The summed E-state index contributed by atoms with van der Waals surface area (Å²) >= 11 is 0. The highest BCUT2D eigenvalue weighted by Crippen LogP contribution is 2.39. The number of aromatic nitrogens is 3. The third-order valence-electron chi connectivity index (χ3n) is 3.54. The molecule has 2 aromatic rings. The molecule has 3 rings (SSSR count). The lowest BCUT2D eigenvalue weighted by Crippen LogP contribution is -2.16. The van der Waals surface area contributed by atoms with Crippen LogP contribution in [0, 0.1) is 6.92 Å². The second-order valence-electron chi connectivity index (χ2n) is 5.54. The van der Waals surface area contributed by atoms with Gasteiger partial charge >= 0.3 is 0 Å². The Morgan fingerprint density at radius 1 is 1.23 bits per heavy atom. The number of nitrogens with one attached hydrogen (secondary N) is 1. The van der Waals surface area contributed by atoms with Crippen LogP contribution < -0.4 is 4.72 Å². The molecule has 2 heterocycles. The van der Waals surface area contributed by atoms with E-state index in [1.807, 2.05) is 13.0 Å². The Bertz CT molecular complexity index is 801. The zero-order valence-corrected chi connectivity index (χ0v) is 13.4. The molecule has 0 spiro atoms. The number of nitrogens with zero attached hydrogens (tertiary/aromatic N) is 3. The second kappa shape index (κ2) is 5.64. The number of aryl methyl sites for hydroxylation is 2. The van der Waals surface area contributed by atoms with Crippen LogP contribution in [0.1, 0.15) is 42.6 Å². The fourth-order valence-electron chi connectivity index (χ4n) is 2.19. The molecular weight excluding hydrogens is 300 g/mol. The van der Waals surface area contributed by atoms with Crippen LogP contribution in [0.2, 0.25) is 0 Å². The first kappa shape index (κ1) is 14.9. The normalized spacial score (nSPS) is 14.8. The Morgan fingerprint density at radius 3 is 2.64 bits per heavy atom. The molecule has 2 aromatic heterocycles. The average molecular weight is 318 g/mol. The summed E-state index contributed by atoms with van der Waals surface area (Å²) in [6, 6.07) is 3.53. The van der Waals surface area contributed by atoms with Crippen molar-refractivity contribution in [2.45, 2.75) is 43.9 Å². The molecule has 0 radical (unpaired) electrons. The van der Waals surface area contributed by atoms with Crippen LogP contribution in [-0.4, -0.2) is 23.4 Å². The standard InChI is InChI=1S/C15H18N4O2S/c1-3-12-7-14(11-4-5-11)18-15(17-12)19-22(20,21)13-6-10(2)8-16-9-13/h6-9,11H,3-5H2,1-2H3,(H,17,18,19). The predicted octanol–water partition coefficient (Wildman–Crippen LogP) is 2.42. The minimum atomic E-state index is -3.72. The Balaban J connectivity index is 1.93. The maximum Gasteiger partial charge on any atom is 0.265 e. The first-order chi connectivity index (χ1) is 10.5. The van der Waals surface area contributed by atoms with Crippen molar-refractivity contribution in [3.8, 4) is 0 Å². The fourth-order valence-corrected chi connectivity index (χ4v) is 3.18. The van der Waals surface area contributed by atoms with Gasteiger partial charge in [-0.25, -0.2) is 23.1 Å². The summed E-state index contributed by atoms with van der Waals surface area (Å²) in [5, 5.41) is 0. The zero-order valence-electron chi connectivity index (χ0n) is 12.6. The van der Waals surface area contributed by atoms with Crippen molar-refractivity contribution in [1.82, 2.24) is 15.0 Å². The molecule has 0 atom stereocenters. The van der Waals surface area contributed by atoms with Gasteiger partial charge in [0.05, 0.1) is 0 Å². The van der Waals surface area contributed by atoms with E-state index in [4.69, 9.17) is 0 Å². The Labute approximate surface area is 130 Å². The van der Waals surface area contributed by atoms with E-state index in [1.54, 1.807) is 19.2 Å². The fraction of sp³-hybridized carbons (Fsp3) is 0.400. The molecule has 0 amide bonds. The smallest absolute Gasteiger partial charge is 0.263 e. The van der Waals surface area contributed by atoms with Crippen molar-refractivity contribution in [2.24, 2.45) is 0 Å². The summed E-state index contributed by atoms with van der Waals surface area (Å²) in [4.78, 5) is 12.7. The molecule has 0 unspecified atom stereocenters. The van der Waals surface area contributed by atoms with Crippen molar-refractivity contribution in [1.29, 1.82) is 0 Å². The van der Waals surface area contributed by atoms with Gasteiger partial charge in [-0.1, -0.05) is 6.92 Å². The number of rotatable bonds is 5. The quantitative estimate of drug-likeness (QED) is 0.915. The van der Waals surface area contributed by atoms with Crippen molar-refractivity contribution in [3.63, 3.8) is 0 Å².